The van der Waals surface area contributed by atoms with E-state index in [1.165, 1.54) is 0 Å². The minimum absolute atomic E-state index is 0. The van der Waals surface area contributed by atoms with E-state index in [0.717, 1.165) is 0 Å². The van der Waals surface area contributed by atoms with Crippen molar-refractivity contribution in [3.05, 3.63) is 0 Å². The Hall–Kier alpha value is 0.437. The molecule has 0 fully saturated rings. The van der Waals surface area contributed by atoms with Crippen molar-refractivity contribution in [1.82, 2.24) is 0 Å². The molecule has 0 aliphatic carbocycles. The molecule has 0 rings (SSSR count). The summed E-state index contributed by atoms with van der Waals surface area (Å²) in [6.07, 6.45) is 0. The van der Waals surface area contributed by atoms with Gasteiger partial charge in [-0.05, 0) is 0 Å². The van der Waals surface area contributed by atoms with Crippen LogP contribution in [-0.2, 0) is 0 Å². The smallest absolute Gasteiger partial charge is 0.907 e. The maximum atomic E-state index is 8.42. The third-order valence-electron chi connectivity index (χ3n) is 0. The average Bonchev–Trinajstić information content (AvgIpc) is 0.811. The molecule has 6 heavy (non-hydrogen) atoms. The summed E-state index contributed by atoms with van der Waals surface area (Å²) in [4.78, 5) is 0. The quantitative estimate of drug-likeness (QED) is 0.287. The summed E-state index contributed by atoms with van der Waals surface area (Å²) in [6, 6.07) is 0. The SMILES string of the molecule is O.[Al+3].[O-]B([O-])[O-]. The fourth-order valence-electron chi connectivity index (χ4n) is 0. The molecule has 0 aromatic rings. The molecule has 0 saturated heterocycles. The summed E-state index contributed by atoms with van der Waals surface area (Å²) in [5, 5.41) is 25.2. The van der Waals surface area contributed by atoms with Crippen molar-refractivity contribution in [3.63, 3.8) is 0 Å². The molecule has 6 heteroatoms. The Morgan fingerprint density at radius 3 is 1.00 bits per heavy atom. The van der Waals surface area contributed by atoms with Crippen molar-refractivity contribution >= 4 is 24.7 Å². The van der Waals surface area contributed by atoms with Gasteiger partial charge in [-0.2, -0.15) is 0 Å². The van der Waals surface area contributed by atoms with Gasteiger partial charge in [0.25, 0.3) is 0 Å². The van der Waals surface area contributed by atoms with Crippen LogP contribution in [0.25, 0.3) is 0 Å². The van der Waals surface area contributed by atoms with Crippen LogP contribution in [0.3, 0.4) is 0 Å². The molecular formula is H2AlBO4. The van der Waals surface area contributed by atoms with Crippen molar-refractivity contribution in [2.24, 2.45) is 0 Å². The first-order valence-electron chi connectivity index (χ1n) is 0.707. The molecule has 0 spiro atoms. The third kappa shape index (κ3) is 274. The van der Waals surface area contributed by atoms with Gasteiger partial charge in [-0.3, -0.25) is 7.32 Å². The number of hydrogen-bond acceptors (Lipinski definition) is 3. The van der Waals surface area contributed by atoms with Gasteiger partial charge in [-0.15, -0.1) is 0 Å². The van der Waals surface area contributed by atoms with E-state index in [1.807, 2.05) is 0 Å². The van der Waals surface area contributed by atoms with Gasteiger partial charge in [0.1, 0.15) is 0 Å². The Bertz CT molecular complexity index is 12.3. The van der Waals surface area contributed by atoms with E-state index < -0.39 is 7.32 Å². The van der Waals surface area contributed by atoms with Crippen LogP contribution in [0.4, 0.5) is 0 Å². The molecule has 0 unspecified atom stereocenters. The van der Waals surface area contributed by atoms with E-state index >= 15 is 0 Å². The zero-order valence-electron chi connectivity index (χ0n) is 2.88. The van der Waals surface area contributed by atoms with E-state index in [9.17, 15) is 0 Å². The Morgan fingerprint density at radius 2 is 1.00 bits per heavy atom. The number of hydrogen-bond donors (Lipinski definition) is 0. The monoisotopic (exact) mass is 104 g/mol. The van der Waals surface area contributed by atoms with Gasteiger partial charge in [0.2, 0.25) is 0 Å². The summed E-state index contributed by atoms with van der Waals surface area (Å²) in [6.45, 7) is 0. The molecule has 4 nitrogen and oxygen atoms in total. The van der Waals surface area contributed by atoms with Gasteiger partial charge in [0, 0.05) is 0 Å². The second-order valence-corrected chi connectivity index (χ2v) is 0.289. The second kappa shape index (κ2) is 9.06. The van der Waals surface area contributed by atoms with Crippen molar-refractivity contribution in [1.29, 1.82) is 0 Å². The van der Waals surface area contributed by atoms with Gasteiger partial charge in [-0.25, -0.2) is 0 Å². The predicted octanol–water partition coefficient (Wildman–Crippen LogP) is -5.15. The van der Waals surface area contributed by atoms with Gasteiger partial charge < -0.3 is 20.5 Å². The molecular weight excluding hydrogens is 102 g/mol. The molecule has 0 saturated carbocycles. The Morgan fingerprint density at radius 1 is 1.00 bits per heavy atom. The summed E-state index contributed by atoms with van der Waals surface area (Å²) in [5.41, 5.74) is 0. The fourth-order valence-corrected chi connectivity index (χ4v) is 0. The van der Waals surface area contributed by atoms with Crippen LogP contribution in [0.15, 0.2) is 0 Å². The van der Waals surface area contributed by atoms with E-state index in [1.54, 1.807) is 0 Å². The molecule has 0 aromatic heterocycles. The van der Waals surface area contributed by atoms with E-state index in [-0.39, 0.29) is 22.8 Å². The van der Waals surface area contributed by atoms with Crippen LogP contribution in [0.2, 0.25) is 0 Å². The fraction of sp³-hybridized carbons (Fsp3) is 0. The first kappa shape index (κ1) is 16.1. The molecule has 0 atom stereocenters. The van der Waals surface area contributed by atoms with Gasteiger partial charge >= 0.3 is 17.4 Å². The van der Waals surface area contributed by atoms with Crippen LogP contribution < -0.4 is 15.1 Å². The number of rotatable bonds is 0. The summed E-state index contributed by atoms with van der Waals surface area (Å²) in [5.74, 6) is 0. The molecule has 0 aliphatic heterocycles. The standard InChI is InChI=1S/Al.BO3.H2O/c;2-1(3)4;/h;;1H2/q+3;-3;. The van der Waals surface area contributed by atoms with Crippen LogP contribution >= 0.6 is 0 Å². The topological polar surface area (TPSA) is 101 Å². The summed E-state index contributed by atoms with van der Waals surface area (Å²) >= 11 is 0. The molecule has 0 heterocycles. The van der Waals surface area contributed by atoms with Crippen molar-refractivity contribution in [2.75, 3.05) is 0 Å². The van der Waals surface area contributed by atoms with E-state index in [2.05, 4.69) is 0 Å². The maximum absolute atomic E-state index is 8.42. The van der Waals surface area contributed by atoms with Gasteiger partial charge in [0.05, 0.1) is 0 Å². The minimum Gasteiger partial charge on any atom is -0.907 e. The second-order valence-electron chi connectivity index (χ2n) is 0.289. The molecule has 0 amide bonds. The molecule has 0 aromatic carbocycles. The van der Waals surface area contributed by atoms with Crippen LogP contribution in [0, 0.1) is 0 Å². The Labute approximate surface area is 46.0 Å². The first-order valence-corrected chi connectivity index (χ1v) is 0.707. The Kier molecular flexibility index (Phi) is 24.3. The van der Waals surface area contributed by atoms with Crippen LogP contribution in [0.1, 0.15) is 0 Å². The first-order chi connectivity index (χ1) is 1.73. The van der Waals surface area contributed by atoms with E-state index in [0.29, 0.717) is 0 Å². The molecule has 2 N–H and O–H groups in total. The van der Waals surface area contributed by atoms with Crippen molar-refractivity contribution < 1.29 is 20.5 Å². The van der Waals surface area contributed by atoms with Gasteiger partial charge in [0.15, 0.2) is 0 Å². The molecule has 32 valence electrons. The molecule has 0 bridgehead atoms. The van der Waals surface area contributed by atoms with Crippen molar-refractivity contribution in [2.45, 2.75) is 0 Å². The zero-order valence-corrected chi connectivity index (χ0v) is 4.03. The molecule has 0 radical (unpaired) electrons. The predicted molar refractivity (Wildman–Crippen MR) is 15.1 cm³/mol. The zero-order chi connectivity index (χ0) is 3.58. The van der Waals surface area contributed by atoms with Gasteiger partial charge in [-0.1, -0.05) is 0 Å². The maximum Gasteiger partial charge on any atom is 3.00 e. The third-order valence-corrected chi connectivity index (χ3v) is 0. The minimum atomic E-state index is -2.92. The normalized spacial score (nSPS) is 4.50. The Balaban J connectivity index is -0.0000000450. The van der Waals surface area contributed by atoms with Crippen LogP contribution in [0.5, 0.6) is 0 Å². The molecule has 0 aliphatic rings. The van der Waals surface area contributed by atoms with E-state index in [4.69, 9.17) is 15.1 Å². The van der Waals surface area contributed by atoms with Crippen LogP contribution in [-0.4, -0.2) is 30.2 Å². The van der Waals surface area contributed by atoms with Crippen molar-refractivity contribution in [3.8, 4) is 0 Å². The average molecular weight is 104 g/mol. The largest absolute Gasteiger partial charge is 3.00 e. The summed E-state index contributed by atoms with van der Waals surface area (Å²) in [7, 11) is -2.92. The summed E-state index contributed by atoms with van der Waals surface area (Å²) < 4.78 is 0.